The van der Waals surface area contributed by atoms with Crippen LogP contribution in [-0.2, 0) is 9.59 Å². The lowest BCUT2D eigenvalue weighted by Crippen LogP contribution is -2.31. The molecule has 2 amide bonds. The molecule has 0 bridgehead atoms. The van der Waals surface area contributed by atoms with E-state index < -0.39 is 0 Å². The van der Waals surface area contributed by atoms with Crippen LogP contribution in [0.5, 0.6) is 5.75 Å². The third kappa shape index (κ3) is 4.60. The van der Waals surface area contributed by atoms with E-state index in [0.717, 1.165) is 4.88 Å². The van der Waals surface area contributed by atoms with Crippen LogP contribution in [0.25, 0.3) is 0 Å². The van der Waals surface area contributed by atoms with Gasteiger partial charge in [0.05, 0.1) is 11.7 Å². The molecule has 1 atom stereocenters. The van der Waals surface area contributed by atoms with Gasteiger partial charge in [-0.05, 0) is 30.5 Å². The molecule has 6 heteroatoms. The Kier molecular flexibility index (Phi) is 5.55. The first kappa shape index (κ1) is 16.0. The summed E-state index contributed by atoms with van der Waals surface area (Å²) in [6.45, 7) is 3.24. The Morgan fingerprint density at radius 1 is 1.23 bits per heavy atom. The largest absolute Gasteiger partial charge is 0.482 e. The van der Waals surface area contributed by atoms with Crippen molar-refractivity contribution in [1.82, 2.24) is 5.32 Å². The SMILES string of the molecule is CC(=O)Nc1ccccc1OCC(=O)N[C@@H](C)c1cccs1. The third-order valence-electron chi connectivity index (χ3n) is 2.90. The molecule has 0 spiro atoms. The fraction of sp³-hybridized carbons (Fsp3) is 0.250. The minimum atomic E-state index is -0.210. The van der Waals surface area contributed by atoms with Crippen LogP contribution in [0.2, 0.25) is 0 Å². The smallest absolute Gasteiger partial charge is 0.258 e. The molecule has 0 radical (unpaired) electrons. The van der Waals surface area contributed by atoms with Crippen molar-refractivity contribution in [3.8, 4) is 5.75 Å². The van der Waals surface area contributed by atoms with Gasteiger partial charge in [-0.25, -0.2) is 0 Å². The second-order valence-electron chi connectivity index (χ2n) is 4.77. The second-order valence-corrected chi connectivity index (χ2v) is 5.75. The molecule has 0 saturated carbocycles. The number of hydrogen-bond acceptors (Lipinski definition) is 4. The summed E-state index contributed by atoms with van der Waals surface area (Å²) in [5, 5.41) is 7.51. The first-order valence-electron chi connectivity index (χ1n) is 6.88. The molecule has 1 aromatic carbocycles. The van der Waals surface area contributed by atoms with Crippen LogP contribution >= 0.6 is 11.3 Å². The molecule has 5 nitrogen and oxygen atoms in total. The molecular weight excluding hydrogens is 300 g/mol. The lowest BCUT2D eigenvalue weighted by molar-refractivity contribution is -0.123. The van der Waals surface area contributed by atoms with Crippen molar-refractivity contribution >= 4 is 28.8 Å². The van der Waals surface area contributed by atoms with Crippen molar-refractivity contribution in [2.24, 2.45) is 0 Å². The van der Waals surface area contributed by atoms with E-state index in [9.17, 15) is 9.59 Å². The molecule has 0 fully saturated rings. The number of hydrogen-bond donors (Lipinski definition) is 2. The van der Waals surface area contributed by atoms with Gasteiger partial charge >= 0.3 is 0 Å². The summed E-state index contributed by atoms with van der Waals surface area (Å²) in [7, 11) is 0. The lowest BCUT2D eigenvalue weighted by Gasteiger charge is -2.14. The molecule has 0 aliphatic carbocycles. The summed E-state index contributed by atoms with van der Waals surface area (Å²) < 4.78 is 5.49. The molecule has 0 aliphatic heterocycles. The highest BCUT2D eigenvalue weighted by Crippen LogP contribution is 2.23. The predicted molar refractivity (Wildman–Crippen MR) is 87.1 cm³/mol. The Morgan fingerprint density at radius 3 is 2.68 bits per heavy atom. The molecule has 0 aliphatic rings. The zero-order valence-corrected chi connectivity index (χ0v) is 13.3. The average Bonchev–Trinajstić information content (AvgIpc) is 3.00. The highest BCUT2D eigenvalue weighted by Gasteiger charge is 2.12. The zero-order chi connectivity index (χ0) is 15.9. The monoisotopic (exact) mass is 318 g/mol. The number of nitrogens with one attached hydrogen (secondary N) is 2. The molecule has 22 heavy (non-hydrogen) atoms. The molecule has 2 N–H and O–H groups in total. The Balaban J connectivity index is 1.90. The summed E-state index contributed by atoms with van der Waals surface area (Å²) >= 11 is 1.59. The Bertz CT molecular complexity index is 641. The summed E-state index contributed by atoms with van der Waals surface area (Å²) in [4.78, 5) is 24.2. The van der Waals surface area contributed by atoms with Gasteiger partial charge in [0.2, 0.25) is 5.91 Å². The van der Waals surface area contributed by atoms with Crippen molar-refractivity contribution in [1.29, 1.82) is 0 Å². The van der Waals surface area contributed by atoms with E-state index in [-0.39, 0.29) is 24.5 Å². The molecule has 1 heterocycles. The van der Waals surface area contributed by atoms with E-state index in [4.69, 9.17) is 4.74 Å². The van der Waals surface area contributed by atoms with Crippen molar-refractivity contribution in [2.45, 2.75) is 19.9 Å². The van der Waals surface area contributed by atoms with Crippen LogP contribution in [-0.4, -0.2) is 18.4 Å². The summed E-state index contributed by atoms with van der Waals surface area (Å²) in [5.74, 6) is 0.0713. The topological polar surface area (TPSA) is 67.4 Å². The number of carbonyl (C=O) groups excluding carboxylic acids is 2. The fourth-order valence-electron chi connectivity index (χ4n) is 1.92. The number of rotatable bonds is 6. The Labute approximate surface area is 133 Å². The number of benzene rings is 1. The highest BCUT2D eigenvalue weighted by molar-refractivity contribution is 7.10. The molecule has 0 unspecified atom stereocenters. The highest BCUT2D eigenvalue weighted by atomic mass is 32.1. The van der Waals surface area contributed by atoms with Crippen molar-refractivity contribution in [2.75, 3.05) is 11.9 Å². The third-order valence-corrected chi connectivity index (χ3v) is 3.96. The number of ether oxygens (including phenoxy) is 1. The lowest BCUT2D eigenvalue weighted by atomic mass is 10.2. The van der Waals surface area contributed by atoms with Gasteiger partial charge in [-0.3, -0.25) is 9.59 Å². The van der Waals surface area contributed by atoms with E-state index in [0.29, 0.717) is 11.4 Å². The van der Waals surface area contributed by atoms with E-state index >= 15 is 0 Å². The Morgan fingerprint density at radius 2 is 2.00 bits per heavy atom. The number of anilines is 1. The van der Waals surface area contributed by atoms with Crippen molar-refractivity contribution < 1.29 is 14.3 Å². The maximum atomic E-state index is 11.9. The van der Waals surface area contributed by atoms with Gasteiger partial charge in [0.15, 0.2) is 6.61 Å². The van der Waals surface area contributed by atoms with Gasteiger partial charge in [-0.15, -0.1) is 11.3 Å². The average molecular weight is 318 g/mol. The van der Waals surface area contributed by atoms with Crippen LogP contribution in [0.1, 0.15) is 24.8 Å². The number of carbonyl (C=O) groups is 2. The fourth-order valence-corrected chi connectivity index (χ4v) is 2.66. The number of amides is 2. The Hall–Kier alpha value is -2.34. The molecule has 0 saturated heterocycles. The van der Waals surface area contributed by atoms with Crippen LogP contribution < -0.4 is 15.4 Å². The van der Waals surface area contributed by atoms with Gasteiger partial charge in [0, 0.05) is 11.8 Å². The van der Waals surface area contributed by atoms with Gasteiger partial charge in [0.25, 0.3) is 5.91 Å². The molecule has 116 valence electrons. The van der Waals surface area contributed by atoms with Crippen LogP contribution in [0, 0.1) is 0 Å². The summed E-state index contributed by atoms with van der Waals surface area (Å²) in [5.41, 5.74) is 0.550. The maximum absolute atomic E-state index is 11.9. The van der Waals surface area contributed by atoms with Crippen LogP contribution in [0.15, 0.2) is 41.8 Å². The molecule has 1 aromatic heterocycles. The quantitative estimate of drug-likeness (QED) is 0.860. The van der Waals surface area contributed by atoms with Gasteiger partial charge in [-0.1, -0.05) is 18.2 Å². The first-order valence-corrected chi connectivity index (χ1v) is 7.76. The predicted octanol–water partition coefficient (Wildman–Crippen LogP) is 2.96. The zero-order valence-electron chi connectivity index (χ0n) is 12.5. The number of para-hydroxylation sites is 2. The maximum Gasteiger partial charge on any atom is 0.258 e. The molecular formula is C16H18N2O3S. The van der Waals surface area contributed by atoms with E-state index in [1.54, 1.807) is 35.6 Å². The molecule has 2 rings (SSSR count). The van der Waals surface area contributed by atoms with Crippen LogP contribution in [0.4, 0.5) is 5.69 Å². The molecule has 2 aromatic rings. The van der Waals surface area contributed by atoms with E-state index in [2.05, 4.69) is 10.6 Å². The van der Waals surface area contributed by atoms with Gasteiger partial charge in [0.1, 0.15) is 5.75 Å². The standard InChI is InChI=1S/C16H18N2O3S/c1-11(15-8-5-9-22-15)17-16(20)10-21-14-7-4-3-6-13(14)18-12(2)19/h3-9,11H,10H2,1-2H3,(H,17,20)(H,18,19)/t11-/m0/s1. The summed E-state index contributed by atoms with van der Waals surface area (Å²) in [6, 6.07) is 10.9. The van der Waals surface area contributed by atoms with Gasteiger partial charge in [-0.2, -0.15) is 0 Å². The van der Waals surface area contributed by atoms with E-state index in [1.807, 2.05) is 24.4 Å². The first-order chi connectivity index (χ1) is 10.6. The minimum Gasteiger partial charge on any atom is -0.482 e. The second kappa shape index (κ2) is 7.61. The van der Waals surface area contributed by atoms with Crippen molar-refractivity contribution in [3.05, 3.63) is 46.7 Å². The van der Waals surface area contributed by atoms with Crippen molar-refractivity contribution in [3.63, 3.8) is 0 Å². The van der Waals surface area contributed by atoms with Gasteiger partial charge < -0.3 is 15.4 Å². The van der Waals surface area contributed by atoms with Crippen LogP contribution in [0.3, 0.4) is 0 Å². The summed E-state index contributed by atoms with van der Waals surface area (Å²) in [6.07, 6.45) is 0. The van der Waals surface area contributed by atoms with E-state index in [1.165, 1.54) is 6.92 Å². The minimum absolute atomic E-state index is 0.0540. The normalized spacial score (nSPS) is 11.5. The number of thiophene rings is 1.